The molecule has 0 unspecified atom stereocenters. The molecular weight excluding hydrogens is 463 g/mol. The number of methoxy groups -OCH3 is 1. The first-order chi connectivity index (χ1) is 16.5. The third-order valence-corrected chi connectivity index (χ3v) is 5.91. The van der Waals surface area contributed by atoms with Crippen LogP contribution in [0.3, 0.4) is 0 Å². The summed E-state index contributed by atoms with van der Waals surface area (Å²) in [5.41, 5.74) is 7.96. The van der Waals surface area contributed by atoms with E-state index in [4.69, 9.17) is 41.0 Å². The minimum absolute atomic E-state index is 0.0196. The lowest BCUT2D eigenvalue weighted by molar-refractivity contribution is 0.174. The summed E-state index contributed by atoms with van der Waals surface area (Å²) in [4.78, 5) is 0. The normalized spacial score (nSPS) is 15.9. The molecule has 0 bridgehead atoms. The summed E-state index contributed by atoms with van der Waals surface area (Å²) in [7, 11) is 1.47. The number of hydrogen-bond acceptors (Lipinski definition) is 7. The van der Waals surface area contributed by atoms with Crippen molar-refractivity contribution >= 4 is 11.6 Å². The van der Waals surface area contributed by atoms with Gasteiger partial charge in [0.2, 0.25) is 12.7 Å². The van der Waals surface area contributed by atoms with Gasteiger partial charge in [-0.3, -0.25) is 0 Å². The highest BCUT2D eigenvalue weighted by Gasteiger charge is 2.34. The first kappa shape index (κ1) is 21.7. The maximum Gasteiger partial charge on any atom is 0.231 e. The van der Waals surface area contributed by atoms with Crippen molar-refractivity contribution in [3.8, 4) is 34.8 Å². The van der Waals surface area contributed by atoms with Crippen LogP contribution in [0.5, 0.6) is 28.7 Å². The summed E-state index contributed by atoms with van der Waals surface area (Å²) in [6, 6.07) is 15.2. The smallest absolute Gasteiger partial charge is 0.231 e. The fraction of sp³-hybridized carbons (Fsp3) is 0.160. The van der Waals surface area contributed by atoms with Crippen LogP contribution in [-0.4, -0.2) is 13.9 Å². The van der Waals surface area contributed by atoms with Gasteiger partial charge in [0.05, 0.1) is 18.1 Å². The van der Waals surface area contributed by atoms with E-state index in [-0.39, 0.29) is 41.4 Å². The van der Waals surface area contributed by atoms with Gasteiger partial charge >= 0.3 is 0 Å². The van der Waals surface area contributed by atoms with Gasteiger partial charge in [-0.05, 0) is 29.8 Å². The van der Waals surface area contributed by atoms with Gasteiger partial charge in [0.25, 0.3) is 0 Å². The number of hydrogen-bond donors (Lipinski definition) is 1. The third kappa shape index (κ3) is 3.70. The van der Waals surface area contributed by atoms with Gasteiger partial charge in [0, 0.05) is 17.2 Å². The molecule has 2 heterocycles. The Morgan fingerprint density at radius 2 is 1.91 bits per heavy atom. The van der Waals surface area contributed by atoms with E-state index in [0.717, 1.165) is 0 Å². The van der Waals surface area contributed by atoms with Crippen LogP contribution < -0.4 is 29.4 Å². The number of nitriles is 1. The van der Waals surface area contributed by atoms with Gasteiger partial charge in [0.15, 0.2) is 23.0 Å². The van der Waals surface area contributed by atoms with Crippen molar-refractivity contribution in [3.63, 3.8) is 0 Å². The van der Waals surface area contributed by atoms with E-state index in [1.165, 1.54) is 13.2 Å². The molecule has 2 N–H and O–H groups in total. The first-order valence-corrected chi connectivity index (χ1v) is 10.6. The molecule has 172 valence electrons. The second-order valence-electron chi connectivity index (χ2n) is 7.58. The molecule has 3 aromatic carbocycles. The molecule has 0 spiro atoms. The van der Waals surface area contributed by atoms with Crippen molar-refractivity contribution in [2.24, 2.45) is 5.73 Å². The van der Waals surface area contributed by atoms with Crippen molar-refractivity contribution in [1.29, 1.82) is 5.26 Å². The molecule has 0 saturated heterocycles. The number of benzene rings is 3. The highest BCUT2D eigenvalue weighted by atomic mass is 35.5. The van der Waals surface area contributed by atoms with Crippen LogP contribution in [-0.2, 0) is 6.61 Å². The van der Waals surface area contributed by atoms with Gasteiger partial charge in [-0.1, -0.05) is 29.8 Å². The number of fused-ring (bicyclic) bond motifs is 2. The molecule has 0 aliphatic carbocycles. The Morgan fingerprint density at radius 1 is 1.15 bits per heavy atom. The second-order valence-corrected chi connectivity index (χ2v) is 7.99. The van der Waals surface area contributed by atoms with Gasteiger partial charge in [-0.2, -0.15) is 5.26 Å². The van der Waals surface area contributed by atoms with Crippen molar-refractivity contribution in [1.82, 2.24) is 0 Å². The molecule has 7 nitrogen and oxygen atoms in total. The predicted octanol–water partition coefficient (Wildman–Crippen LogP) is 5.01. The highest BCUT2D eigenvalue weighted by Crippen LogP contribution is 2.50. The number of rotatable bonds is 5. The largest absolute Gasteiger partial charge is 0.493 e. The van der Waals surface area contributed by atoms with Crippen LogP contribution in [0, 0.1) is 17.1 Å². The summed E-state index contributed by atoms with van der Waals surface area (Å²) in [6.45, 7) is 0.0482. The zero-order valence-electron chi connectivity index (χ0n) is 17.9. The molecule has 2 aliphatic heterocycles. The zero-order chi connectivity index (χ0) is 23.8. The lowest BCUT2D eigenvalue weighted by atomic mass is 9.83. The number of ether oxygens (including phenoxy) is 5. The van der Waals surface area contributed by atoms with Crippen LogP contribution in [0.1, 0.15) is 22.6 Å². The molecule has 34 heavy (non-hydrogen) atoms. The average Bonchev–Trinajstić information content (AvgIpc) is 3.29. The summed E-state index contributed by atoms with van der Waals surface area (Å²) < 4.78 is 42.0. The van der Waals surface area contributed by atoms with Gasteiger partial charge < -0.3 is 29.4 Å². The molecule has 0 radical (unpaired) electrons. The minimum Gasteiger partial charge on any atom is -0.493 e. The maximum absolute atomic E-state index is 14.0. The Hall–Kier alpha value is -4.09. The number of nitrogens with zero attached hydrogens (tertiary/aromatic N) is 1. The monoisotopic (exact) mass is 480 g/mol. The minimum atomic E-state index is -0.602. The molecule has 0 amide bonds. The SMILES string of the molecule is COc1cc([C@H]2C(C#N)=C(N)Oc3cc4c(cc32)OCO4)cc(Cl)c1OCc1ccccc1F. The lowest BCUT2D eigenvalue weighted by Gasteiger charge is -2.27. The zero-order valence-corrected chi connectivity index (χ0v) is 18.7. The summed E-state index contributed by atoms with van der Waals surface area (Å²) in [5.74, 6) is 1.08. The van der Waals surface area contributed by atoms with E-state index in [1.54, 1.807) is 42.5 Å². The van der Waals surface area contributed by atoms with Crippen molar-refractivity contribution in [2.75, 3.05) is 13.9 Å². The van der Waals surface area contributed by atoms with E-state index in [1.807, 2.05) is 0 Å². The van der Waals surface area contributed by atoms with Crippen LogP contribution in [0.2, 0.25) is 5.02 Å². The molecule has 5 rings (SSSR count). The fourth-order valence-electron chi connectivity index (χ4n) is 4.00. The Kier molecular flexibility index (Phi) is 5.56. The first-order valence-electron chi connectivity index (χ1n) is 10.2. The van der Waals surface area contributed by atoms with E-state index in [9.17, 15) is 9.65 Å². The Labute approximate surface area is 199 Å². The second kappa shape index (κ2) is 8.69. The Morgan fingerprint density at radius 3 is 2.65 bits per heavy atom. The Bertz CT molecular complexity index is 1370. The lowest BCUT2D eigenvalue weighted by Crippen LogP contribution is -2.21. The van der Waals surface area contributed by atoms with Gasteiger partial charge in [0.1, 0.15) is 29.8 Å². The number of halogens is 2. The molecule has 0 fully saturated rings. The van der Waals surface area contributed by atoms with Crippen LogP contribution in [0.25, 0.3) is 0 Å². The van der Waals surface area contributed by atoms with E-state index in [2.05, 4.69) is 6.07 Å². The molecule has 0 aromatic heterocycles. The Balaban J connectivity index is 1.56. The van der Waals surface area contributed by atoms with Crippen molar-refractivity contribution < 1.29 is 28.1 Å². The van der Waals surface area contributed by atoms with Crippen LogP contribution in [0.15, 0.2) is 60.0 Å². The van der Waals surface area contributed by atoms with Crippen LogP contribution >= 0.6 is 11.6 Å². The molecule has 3 aromatic rings. The topological polar surface area (TPSA) is 96.0 Å². The summed E-state index contributed by atoms with van der Waals surface area (Å²) >= 11 is 6.58. The number of allylic oxidation sites excluding steroid dienone is 1. The average molecular weight is 481 g/mol. The van der Waals surface area contributed by atoms with Crippen molar-refractivity contribution in [3.05, 3.63) is 87.5 Å². The van der Waals surface area contributed by atoms with E-state index >= 15 is 0 Å². The molecule has 1 atom stereocenters. The summed E-state index contributed by atoms with van der Waals surface area (Å²) in [6.07, 6.45) is 0. The van der Waals surface area contributed by atoms with Gasteiger partial charge in [-0.25, -0.2) is 4.39 Å². The molecular formula is C25H18ClFN2O5. The van der Waals surface area contributed by atoms with E-state index < -0.39 is 5.92 Å². The third-order valence-electron chi connectivity index (χ3n) is 5.63. The maximum atomic E-state index is 14.0. The molecule has 0 saturated carbocycles. The van der Waals surface area contributed by atoms with Gasteiger partial charge in [-0.15, -0.1) is 0 Å². The predicted molar refractivity (Wildman–Crippen MR) is 121 cm³/mol. The molecule has 9 heteroatoms. The van der Waals surface area contributed by atoms with Crippen LogP contribution in [0.4, 0.5) is 4.39 Å². The van der Waals surface area contributed by atoms with E-state index in [0.29, 0.717) is 39.7 Å². The quantitative estimate of drug-likeness (QED) is 0.548. The summed E-state index contributed by atoms with van der Waals surface area (Å²) in [5, 5.41) is 10.1. The molecule has 2 aliphatic rings. The standard InChI is InChI=1S/C25H18ClFN2O5/c1-30-22-7-14(6-17(26)24(22)31-11-13-4-2-3-5-18(13)27)23-15-8-20-21(33-12-32-20)9-19(15)34-25(29)16(23)10-28/h2-9,23H,11-12,29H2,1H3/t23-/m1/s1. The number of nitrogens with two attached hydrogens (primary N) is 1. The fourth-order valence-corrected chi connectivity index (χ4v) is 4.28. The van der Waals surface area contributed by atoms with Crippen molar-refractivity contribution in [2.45, 2.75) is 12.5 Å². The highest BCUT2D eigenvalue weighted by molar-refractivity contribution is 6.32.